The molecule has 0 spiro atoms. The molecular weight excluding hydrogens is 453 g/mol. The SMILES string of the molecule is COc1cc(Br)c([C@H](c2ccc(OC(F)(F)F)cc2)N2CCNCC2)cc1OC. The summed E-state index contributed by atoms with van der Waals surface area (Å²) in [4.78, 5) is 2.28. The maximum absolute atomic E-state index is 12.5. The molecule has 9 heteroatoms. The van der Waals surface area contributed by atoms with Crippen molar-refractivity contribution < 1.29 is 27.4 Å². The van der Waals surface area contributed by atoms with Gasteiger partial charge in [0.2, 0.25) is 0 Å². The number of methoxy groups -OCH3 is 2. The van der Waals surface area contributed by atoms with Crippen LogP contribution in [0.5, 0.6) is 17.2 Å². The molecule has 0 unspecified atom stereocenters. The lowest BCUT2D eigenvalue weighted by molar-refractivity contribution is -0.274. The zero-order valence-electron chi connectivity index (χ0n) is 16.1. The number of ether oxygens (including phenoxy) is 3. The van der Waals surface area contributed by atoms with Crippen LogP contribution in [0.15, 0.2) is 40.9 Å². The van der Waals surface area contributed by atoms with Gasteiger partial charge in [0, 0.05) is 30.7 Å². The van der Waals surface area contributed by atoms with Gasteiger partial charge in [-0.1, -0.05) is 28.1 Å². The van der Waals surface area contributed by atoms with Crippen LogP contribution in [-0.4, -0.2) is 51.7 Å². The number of rotatable bonds is 6. The van der Waals surface area contributed by atoms with E-state index in [4.69, 9.17) is 9.47 Å². The Morgan fingerprint density at radius 3 is 2.14 bits per heavy atom. The molecule has 5 nitrogen and oxygen atoms in total. The molecule has 0 aromatic heterocycles. The third-order valence-electron chi connectivity index (χ3n) is 4.74. The highest BCUT2D eigenvalue weighted by molar-refractivity contribution is 9.10. The Labute approximate surface area is 175 Å². The van der Waals surface area contributed by atoms with E-state index in [1.807, 2.05) is 12.1 Å². The second kappa shape index (κ2) is 9.23. The second-order valence-corrected chi connectivity index (χ2v) is 7.39. The van der Waals surface area contributed by atoms with Gasteiger partial charge in [-0.2, -0.15) is 0 Å². The fourth-order valence-electron chi connectivity index (χ4n) is 3.46. The van der Waals surface area contributed by atoms with Crippen LogP contribution in [0.4, 0.5) is 13.2 Å². The Morgan fingerprint density at radius 1 is 1.00 bits per heavy atom. The van der Waals surface area contributed by atoms with Crippen molar-refractivity contribution in [3.63, 3.8) is 0 Å². The average Bonchev–Trinajstić information content (AvgIpc) is 2.70. The first-order chi connectivity index (χ1) is 13.8. The zero-order valence-corrected chi connectivity index (χ0v) is 17.6. The third-order valence-corrected chi connectivity index (χ3v) is 5.43. The molecule has 1 aliphatic heterocycles. The van der Waals surface area contributed by atoms with Gasteiger partial charge in [-0.25, -0.2) is 0 Å². The lowest BCUT2D eigenvalue weighted by Crippen LogP contribution is -2.45. The number of piperazine rings is 1. The van der Waals surface area contributed by atoms with Crippen LogP contribution in [0.2, 0.25) is 0 Å². The van der Waals surface area contributed by atoms with Gasteiger partial charge in [0.15, 0.2) is 11.5 Å². The Bertz CT molecular complexity index is 825. The molecule has 1 aliphatic rings. The summed E-state index contributed by atoms with van der Waals surface area (Å²) in [5, 5.41) is 3.32. The van der Waals surface area contributed by atoms with Gasteiger partial charge in [-0.15, -0.1) is 13.2 Å². The first-order valence-electron chi connectivity index (χ1n) is 9.04. The van der Waals surface area contributed by atoms with Gasteiger partial charge in [0.05, 0.1) is 20.3 Å². The molecule has 158 valence electrons. The van der Waals surface area contributed by atoms with Crippen LogP contribution < -0.4 is 19.5 Å². The van der Waals surface area contributed by atoms with E-state index in [1.165, 1.54) is 12.1 Å². The zero-order chi connectivity index (χ0) is 21.0. The molecule has 2 aromatic rings. The average molecular weight is 475 g/mol. The van der Waals surface area contributed by atoms with E-state index < -0.39 is 6.36 Å². The van der Waals surface area contributed by atoms with Crippen LogP contribution in [0.1, 0.15) is 17.2 Å². The van der Waals surface area contributed by atoms with E-state index >= 15 is 0 Å². The van der Waals surface area contributed by atoms with Crippen molar-refractivity contribution in [1.82, 2.24) is 10.2 Å². The summed E-state index contributed by atoms with van der Waals surface area (Å²) in [5.74, 6) is 0.936. The summed E-state index contributed by atoms with van der Waals surface area (Å²) in [7, 11) is 3.13. The molecule has 1 atom stereocenters. The fraction of sp³-hybridized carbons (Fsp3) is 0.400. The minimum atomic E-state index is -4.72. The molecule has 2 aromatic carbocycles. The highest BCUT2D eigenvalue weighted by Crippen LogP contribution is 2.41. The smallest absolute Gasteiger partial charge is 0.493 e. The molecule has 1 fully saturated rings. The van der Waals surface area contributed by atoms with Crippen molar-refractivity contribution in [2.24, 2.45) is 0 Å². The van der Waals surface area contributed by atoms with E-state index in [0.29, 0.717) is 11.5 Å². The number of nitrogens with zero attached hydrogens (tertiary/aromatic N) is 1. The van der Waals surface area contributed by atoms with Crippen LogP contribution in [0.3, 0.4) is 0 Å². The molecule has 0 amide bonds. The van der Waals surface area contributed by atoms with Crippen LogP contribution in [0, 0.1) is 0 Å². The summed E-state index contributed by atoms with van der Waals surface area (Å²) in [6.45, 7) is 3.26. The number of halogens is 4. The molecular formula is C20H22BrF3N2O3. The minimum Gasteiger partial charge on any atom is -0.493 e. The van der Waals surface area contributed by atoms with Crippen molar-refractivity contribution in [1.29, 1.82) is 0 Å². The standard InChI is InChI=1S/C20H22BrF3N2O3/c1-27-17-11-15(16(21)12-18(17)28-2)19(26-9-7-25-8-10-26)13-3-5-14(6-4-13)29-20(22,23)24/h3-6,11-12,19,25H,7-10H2,1-2H3/t19-/m0/s1. The van der Waals surface area contributed by atoms with E-state index in [2.05, 4.69) is 30.9 Å². The molecule has 0 bridgehead atoms. The topological polar surface area (TPSA) is 43.0 Å². The Kier molecular flexibility index (Phi) is 6.92. The first kappa shape index (κ1) is 21.7. The lowest BCUT2D eigenvalue weighted by Gasteiger charge is -2.36. The molecule has 29 heavy (non-hydrogen) atoms. The van der Waals surface area contributed by atoms with Crippen LogP contribution in [-0.2, 0) is 0 Å². The van der Waals surface area contributed by atoms with Gasteiger partial charge < -0.3 is 19.5 Å². The Hall–Kier alpha value is -1.97. The molecule has 1 N–H and O–H groups in total. The summed E-state index contributed by atoms with van der Waals surface area (Å²) >= 11 is 3.62. The molecule has 0 aliphatic carbocycles. The number of hydrogen-bond donors (Lipinski definition) is 1. The minimum absolute atomic E-state index is 0.175. The van der Waals surface area contributed by atoms with Gasteiger partial charge in [-0.3, -0.25) is 4.90 Å². The van der Waals surface area contributed by atoms with Crippen LogP contribution >= 0.6 is 15.9 Å². The van der Waals surface area contributed by atoms with Crippen molar-refractivity contribution in [2.75, 3.05) is 40.4 Å². The maximum Gasteiger partial charge on any atom is 0.573 e. The van der Waals surface area contributed by atoms with E-state index in [1.54, 1.807) is 26.4 Å². The van der Waals surface area contributed by atoms with E-state index in [-0.39, 0.29) is 11.8 Å². The Morgan fingerprint density at radius 2 is 1.59 bits per heavy atom. The number of hydrogen-bond acceptors (Lipinski definition) is 5. The largest absolute Gasteiger partial charge is 0.573 e. The summed E-state index contributed by atoms with van der Waals surface area (Å²) in [6.07, 6.45) is -4.72. The van der Waals surface area contributed by atoms with Gasteiger partial charge in [0.25, 0.3) is 0 Å². The fourth-order valence-corrected chi connectivity index (χ4v) is 4.00. The molecule has 3 rings (SSSR count). The number of alkyl halides is 3. The van der Waals surface area contributed by atoms with Gasteiger partial charge in [0.1, 0.15) is 5.75 Å². The predicted molar refractivity (Wildman–Crippen MR) is 107 cm³/mol. The van der Waals surface area contributed by atoms with Gasteiger partial charge in [-0.05, 0) is 35.4 Å². The van der Waals surface area contributed by atoms with Crippen molar-refractivity contribution >= 4 is 15.9 Å². The van der Waals surface area contributed by atoms with Crippen molar-refractivity contribution in [3.8, 4) is 17.2 Å². The molecule has 0 saturated carbocycles. The first-order valence-corrected chi connectivity index (χ1v) is 9.83. The second-order valence-electron chi connectivity index (χ2n) is 6.53. The quantitative estimate of drug-likeness (QED) is 0.673. The Balaban J connectivity index is 2.02. The molecule has 1 heterocycles. The summed E-state index contributed by atoms with van der Waals surface area (Å²) in [5.41, 5.74) is 1.79. The van der Waals surface area contributed by atoms with Crippen molar-refractivity contribution in [3.05, 3.63) is 52.0 Å². The monoisotopic (exact) mass is 474 g/mol. The lowest BCUT2D eigenvalue weighted by atomic mass is 9.96. The third kappa shape index (κ3) is 5.34. The summed E-state index contributed by atoms with van der Waals surface area (Å²) in [6, 6.07) is 9.57. The van der Waals surface area contributed by atoms with Crippen LogP contribution in [0.25, 0.3) is 0 Å². The number of benzene rings is 2. The predicted octanol–water partition coefficient (Wildman–Crippen LogP) is 4.36. The summed E-state index contributed by atoms with van der Waals surface area (Å²) < 4.78 is 53.1. The van der Waals surface area contributed by atoms with Gasteiger partial charge >= 0.3 is 6.36 Å². The highest BCUT2D eigenvalue weighted by atomic mass is 79.9. The molecule has 1 saturated heterocycles. The van der Waals surface area contributed by atoms with E-state index in [0.717, 1.165) is 41.8 Å². The van der Waals surface area contributed by atoms with E-state index in [9.17, 15) is 13.2 Å². The highest BCUT2D eigenvalue weighted by Gasteiger charge is 2.32. The normalized spacial score (nSPS) is 16.3. The maximum atomic E-state index is 12.5. The molecule has 0 radical (unpaired) electrons. The van der Waals surface area contributed by atoms with Crippen molar-refractivity contribution in [2.45, 2.75) is 12.4 Å². The number of nitrogens with one attached hydrogen (secondary N) is 1.